The third-order valence-corrected chi connectivity index (χ3v) is 2.50. The lowest BCUT2D eigenvalue weighted by Gasteiger charge is -2.30. The molecule has 0 unspecified atom stereocenters. The molecule has 0 radical (unpaired) electrons. The average molecular weight is 177 g/mol. The van der Waals surface area contributed by atoms with Gasteiger partial charge in [-0.1, -0.05) is 13.3 Å². The second-order valence-corrected chi connectivity index (χ2v) is 4.04. The fourth-order valence-electron chi connectivity index (χ4n) is 1.69. The van der Waals surface area contributed by atoms with Gasteiger partial charge in [0.1, 0.15) is 0 Å². The molecule has 1 nitrogen and oxygen atoms in total. The lowest BCUT2D eigenvalue weighted by molar-refractivity contribution is -0.0415. The third-order valence-electron chi connectivity index (χ3n) is 2.14. The summed E-state index contributed by atoms with van der Waals surface area (Å²) in [6, 6.07) is 0. The second kappa shape index (κ2) is 4.32. The summed E-state index contributed by atoms with van der Waals surface area (Å²) < 4.78 is 5.71. The molecule has 0 amide bonds. The normalized spacial score (nSPS) is 39.0. The number of hydrogen-bond acceptors (Lipinski definition) is 1. The maximum atomic E-state index is 6.06. The first-order valence-corrected chi connectivity index (χ1v) is 4.95. The van der Waals surface area contributed by atoms with E-state index in [4.69, 9.17) is 16.3 Å². The van der Waals surface area contributed by atoms with Crippen LogP contribution in [-0.2, 0) is 4.74 Å². The van der Waals surface area contributed by atoms with E-state index in [1.165, 1.54) is 6.42 Å². The molecule has 0 bridgehead atoms. The van der Waals surface area contributed by atoms with Gasteiger partial charge in [0, 0.05) is 5.38 Å². The number of ether oxygens (including phenoxy) is 1. The molecule has 11 heavy (non-hydrogen) atoms. The highest BCUT2D eigenvalue weighted by Crippen LogP contribution is 2.25. The maximum absolute atomic E-state index is 6.06. The summed E-state index contributed by atoms with van der Waals surface area (Å²) in [5, 5.41) is 0.343. The summed E-state index contributed by atoms with van der Waals surface area (Å²) >= 11 is 6.06. The summed E-state index contributed by atoms with van der Waals surface area (Å²) in [6.45, 7) is 4.29. The fraction of sp³-hybridized carbons (Fsp3) is 1.00. The minimum absolute atomic E-state index is 0.343. The summed E-state index contributed by atoms with van der Waals surface area (Å²) in [7, 11) is 0. The molecule has 3 atom stereocenters. The van der Waals surface area contributed by atoms with Gasteiger partial charge in [-0.25, -0.2) is 0 Å². The Kier molecular flexibility index (Phi) is 3.67. The molecule has 0 aliphatic carbocycles. The molecule has 0 saturated carbocycles. The largest absolute Gasteiger partial charge is 0.375 e. The Bertz CT molecular complexity index is 106. The Morgan fingerprint density at radius 2 is 2.18 bits per heavy atom. The third kappa shape index (κ3) is 3.00. The van der Waals surface area contributed by atoms with Crippen molar-refractivity contribution in [2.24, 2.45) is 0 Å². The zero-order chi connectivity index (χ0) is 8.27. The van der Waals surface area contributed by atoms with E-state index >= 15 is 0 Å². The van der Waals surface area contributed by atoms with Crippen LogP contribution in [0.4, 0.5) is 0 Å². The van der Waals surface area contributed by atoms with Crippen molar-refractivity contribution in [3.8, 4) is 0 Å². The van der Waals surface area contributed by atoms with E-state index in [0.29, 0.717) is 17.6 Å². The van der Waals surface area contributed by atoms with Gasteiger partial charge in [0.25, 0.3) is 0 Å². The predicted molar refractivity (Wildman–Crippen MR) is 48.1 cm³/mol. The first-order valence-electron chi connectivity index (χ1n) is 4.52. The first kappa shape index (κ1) is 9.34. The zero-order valence-electron chi connectivity index (χ0n) is 7.35. The second-order valence-electron chi connectivity index (χ2n) is 3.43. The van der Waals surface area contributed by atoms with Crippen LogP contribution in [0.15, 0.2) is 0 Å². The number of rotatable bonds is 2. The highest BCUT2D eigenvalue weighted by molar-refractivity contribution is 6.20. The van der Waals surface area contributed by atoms with Crippen molar-refractivity contribution >= 4 is 11.6 Å². The van der Waals surface area contributed by atoms with Crippen molar-refractivity contribution in [1.29, 1.82) is 0 Å². The summed E-state index contributed by atoms with van der Waals surface area (Å²) in [6.07, 6.45) is 5.20. The molecule has 1 rings (SSSR count). The molecule has 1 aliphatic heterocycles. The van der Waals surface area contributed by atoms with Crippen LogP contribution in [0.2, 0.25) is 0 Å². The van der Waals surface area contributed by atoms with Gasteiger partial charge in [-0.3, -0.25) is 0 Å². The van der Waals surface area contributed by atoms with Crippen molar-refractivity contribution in [3.05, 3.63) is 0 Å². The van der Waals surface area contributed by atoms with Crippen molar-refractivity contribution in [3.63, 3.8) is 0 Å². The van der Waals surface area contributed by atoms with E-state index in [1.54, 1.807) is 0 Å². The van der Waals surface area contributed by atoms with E-state index in [1.807, 2.05) is 0 Å². The number of alkyl halides is 1. The molecule has 0 aromatic carbocycles. The van der Waals surface area contributed by atoms with Gasteiger partial charge in [0.05, 0.1) is 12.2 Å². The van der Waals surface area contributed by atoms with E-state index < -0.39 is 0 Å². The zero-order valence-corrected chi connectivity index (χ0v) is 8.10. The van der Waals surface area contributed by atoms with Crippen molar-refractivity contribution in [2.75, 3.05) is 0 Å². The van der Waals surface area contributed by atoms with Gasteiger partial charge in [-0.15, -0.1) is 11.6 Å². The Morgan fingerprint density at radius 1 is 1.45 bits per heavy atom. The van der Waals surface area contributed by atoms with Gasteiger partial charge in [-0.2, -0.15) is 0 Å². The smallest absolute Gasteiger partial charge is 0.0592 e. The minimum Gasteiger partial charge on any atom is -0.375 e. The topological polar surface area (TPSA) is 9.23 Å². The summed E-state index contributed by atoms with van der Waals surface area (Å²) in [4.78, 5) is 0. The van der Waals surface area contributed by atoms with Gasteiger partial charge >= 0.3 is 0 Å². The van der Waals surface area contributed by atoms with Gasteiger partial charge in [0.2, 0.25) is 0 Å². The van der Waals surface area contributed by atoms with Crippen LogP contribution in [0.25, 0.3) is 0 Å². The summed E-state index contributed by atoms with van der Waals surface area (Å²) in [5.41, 5.74) is 0. The van der Waals surface area contributed by atoms with E-state index in [-0.39, 0.29) is 0 Å². The van der Waals surface area contributed by atoms with E-state index in [9.17, 15) is 0 Å². The van der Waals surface area contributed by atoms with Crippen LogP contribution in [-0.4, -0.2) is 17.6 Å². The Labute approximate surface area is 74.1 Å². The molecule has 2 heteroatoms. The maximum Gasteiger partial charge on any atom is 0.0592 e. The Morgan fingerprint density at radius 3 is 2.73 bits per heavy atom. The molecule has 0 aromatic rings. The monoisotopic (exact) mass is 176 g/mol. The minimum atomic E-state index is 0.343. The molecule has 0 N–H and O–H groups in total. The van der Waals surface area contributed by atoms with Crippen LogP contribution in [0.1, 0.15) is 39.5 Å². The Hall–Kier alpha value is 0.250. The standard InChI is InChI=1S/C9H17ClO/c1-3-4-9-6-8(10)5-7(2)11-9/h7-9H,3-6H2,1-2H3/t7-,8+,9+/m1/s1. The molecule has 0 aromatic heterocycles. The van der Waals surface area contributed by atoms with Crippen LogP contribution >= 0.6 is 11.6 Å². The van der Waals surface area contributed by atoms with Gasteiger partial charge < -0.3 is 4.74 Å². The average Bonchev–Trinajstić information content (AvgIpc) is 1.85. The lowest BCUT2D eigenvalue weighted by atomic mass is 10.0. The molecule has 0 spiro atoms. The molecule has 66 valence electrons. The molecule has 1 fully saturated rings. The van der Waals surface area contributed by atoms with E-state index in [2.05, 4.69) is 13.8 Å². The van der Waals surface area contributed by atoms with Crippen LogP contribution in [0.3, 0.4) is 0 Å². The van der Waals surface area contributed by atoms with Crippen LogP contribution in [0.5, 0.6) is 0 Å². The van der Waals surface area contributed by atoms with Crippen LogP contribution < -0.4 is 0 Å². The SMILES string of the molecule is CCC[C@H]1C[C@@H](Cl)C[C@@H](C)O1. The first-order chi connectivity index (χ1) is 5.22. The highest BCUT2D eigenvalue weighted by Gasteiger charge is 2.24. The van der Waals surface area contributed by atoms with Gasteiger partial charge in [0.15, 0.2) is 0 Å². The van der Waals surface area contributed by atoms with E-state index in [0.717, 1.165) is 19.3 Å². The van der Waals surface area contributed by atoms with Crippen molar-refractivity contribution < 1.29 is 4.74 Å². The lowest BCUT2D eigenvalue weighted by Crippen LogP contribution is -2.31. The fourth-order valence-corrected chi connectivity index (χ4v) is 2.14. The molecular formula is C9H17ClO. The van der Waals surface area contributed by atoms with Crippen molar-refractivity contribution in [1.82, 2.24) is 0 Å². The molecule has 1 saturated heterocycles. The number of hydrogen-bond donors (Lipinski definition) is 0. The molecular weight excluding hydrogens is 160 g/mol. The quantitative estimate of drug-likeness (QED) is 0.588. The molecule has 1 aliphatic rings. The Balaban J connectivity index is 2.30. The summed E-state index contributed by atoms with van der Waals surface area (Å²) in [5.74, 6) is 0. The number of halogens is 1. The van der Waals surface area contributed by atoms with Crippen LogP contribution in [0, 0.1) is 0 Å². The highest BCUT2D eigenvalue weighted by atomic mass is 35.5. The molecule has 1 heterocycles. The van der Waals surface area contributed by atoms with Gasteiger partial charge in [-0.05, 0) is 26.2 Å². The van der Waals surface area contributed by atoms with Crippen molar-refractivity contribution in [2.45, 2.75) is 57.1 Å². The predicted octanol–water partition coefficient (Wildman–Crippen LogP) is 2.96.